The van der Waals surface area contributed by atoms with E-state index in [0.717, 1.165) is 28.7 Å². The Morgan fingerprint density at radius 3 is 2.15 bits per heavy atom. The van der Waals surface area contributed by atoms with Crippen molar-refractivity contribution in [1.29, 1.82) is 0 Å². The quantitative estimate of drug-likeness (QED) is 0.922. The topological polar surface area (TPSA) is 50.4 Å². The van der Waals surface area contributed by atoms with Crippen LogP contribution in [0.1, 0.15) is 35.8 Å². The predicted molar refractivity (Wildman–Crippen MR) is 80.3 cm³/mol. The molecule has 2 aromatic rings. The van der Waals surface area contributed by atoms with Crippen LogP contribution in [0.15, 0.2) is 27.4 Å². The van der Waals surface area contributed by atoms with E-state index in [9.17, 15) is 9.90 Å². The van der Waals surface area contributed by atoms with Crippen LogP contribution in [0.25, 0.3) is 11.1 Å². The van der Waals surface area contributed by atoms with Crippen molar-refractivity contribution in [3.05, 3.63) is 51.1 Å². The molecule has 1 heterocycles. The van der Waals surface area contributed by atoms with Crippen molar-refractivity contribution >= 4 is 0 Å². The van der Waals surface area contributed by atoms with Crippen molar-refractivity contribution in [3.63, 3.8) is 0 Å². The third kappa shape index (κ3) is 2.62. The Kier molecular flexibility index (Phi) is 3.98. The summed E-state index contributed by atoms with van der Waals surface area (Å²) < 4.78 is 5.31. The largest absolute Gasteiger partial charge is 0.507 e. The summed E-state index contributed by atoms with van der Waals surface area (Å²) in [4.78, 5) is 12.2. The molecule has 2 rings (SSSR count). The fourth-order valence-electron chi connectivity index (χ4n) is 2.70. The van der Waals surface area contributed by atoms with Gasteiger partial charge in [0, 0.05) is 12.5 Å². The molecule has 0 fully saturated rings. The van der Waals surface area contributed by atoms with E-state index in [1.807, 2.05) is 39.8 Å². The zero-order valence-electron chi connectivity index (χ0n) is 12.4. The third-order valence-electron chi connectivity index (χ3n) is 3.41. The predicted octanol–water partition coefficient (Wildman–Crippen LogP) is 3.89. The van der Waals surface area contributed by atoms with E-state index in [1.165, 1.54) is 0 Å². The van der Waals surface area contributed by atoms with Gasteiger partial charge in [-0.2, -0.15) is 0 Å². The number of aromatic hydroxyl groups is 1. The Labute approximate surface area is 118 Å². The Morgan fingerprint density at radius 1 is 1.05 bits per heavy atom. The normalized spacial score (nSPS) is 10.8. The second-order valence-electron chi connectivity index (χ2n) is 5.28. The van der Waals surface area contributed by atoms with Gasteiger partial charge in [-0.05, 0) is 43.9 Å². The minimum absolute atomic E-state index is 0.000229. The first-order valence-corrected chi connectivity index (χ1v) is 6.88. The minimum Gasteiger partial charge on any atom is -0.507 e. The molecule has 0 amide bonds. The number of hydrogen-bond donors (Lipinski definition) is 1. The standard InChI is InChI=1S/C17H20O3/c1-5-6-13-9-14(18)16(17(19)20-13)15-11(3)7-10(2)8-12(15)4/h7-9,18H,5-6H2,1-4H3. The molecule has 106 valence electrons. The highest BCUT2D eigenvalue weighted by Crippen LogP contribution is 2.32. The smallest absolute Gasteiger partial charge is 0.347 e. The van der Waals surface area contributed by atoms with Crippen LogP contribution < -0.4 is 5.63 Å². The molecule has 0 atom stereocenters. The van der Waals surface area contributed by atoms with Gasteiger partial charge in [0.1, 0.15) is 17.1 Å². The van der Waals surface area contributed by atoms with Gasteiger partial charge < -0.3 is 9.52 Å². The van der Waals surface area contributed by atoms with Crippen LogP contribution in [-0.2, 0) is 6.42 Å². The van der Waals surface area contributed by atoms with Gasteiger partial charge in [0.25, 0.3) is 0 Å². The van der Waals surface area contributed by atoms with Crippen molar-refractivity contribution in [2.45, 2.75) is 40.5 Å². The molecule has 0 aliphatic carbocycles. The van der Waals surface area contributed by atoms with Crippen molar-refractivity contribution in [2.24, 2.45) is 0 Å². The van der Waals surface area contributed by atoms with Gasteiger partial charge >= 0.3 is 5.63 Å². The van der Waals surface area contributed by atoms with E-state index < -0.39 is 5.63 Å². The highest BCUT2D eigenvalue weighted by atomic mass is 16.4. The molecule has 1 N–H and O–H groups in total. The maximum Gasteiger partial charge on any atom is 0.347 e. The van der Waals surface area contributed by atoms with E-state index in [4.69, 9.17) is 4.42 Å². The molecule has 0 unspecified atom stereocenters. The average molecular weight is 272 g/mol. The summed E-state index contributed by atoms with van der Waals surface area (Å²) in [5.41, 5.74) is 3.63. The molecule has 3 heteroatoms. The molecular weight excluding hydrogens is 252 g/mol. The summed E-state index contributed by atoms with van der Waals surface area (Å²) in [7, 11) is 0. The fourth-order valence-corrected chi connectivity index (χ4v) is 2.70. The van der Waals surface area contributed by atoms with E-state index in [1.54, 1.807) is 6.07 Å². The van der Waals surface area contributed by atoms with Crippen molar-refractivity contribution in [2.75, 3.05) is 0 Å². The van der Waals surface area contributed by atoms with Gasteiger partial charge in [0.15, 0.2) is 0 Å². The second-order valence-corrected chi connectivity index (χ2v) is 5.28. The van der Waals surface area contributed by atoms with E-state index in [-0.39, 0.29) is 11.3 Å². The molecule has 1 aromatic carbocycles. The first-order valence-electron chi connectivity index (χ1n) is 6.88. The van der Waals surface area contributed by atoms with Gasteiger partial charge in [-0.15, -0.1) is 0 Å². The molecule has 20 heavy (non-hydrogen) atoms. The summed E-state index contributed by atoms with van der Waals surface area (Å²) in [6, 6.07) is 5.56. The average Bonchev–Trinajstić information content (AvgIpc) is 2.31. The van der Waals surface area contributed by atoms with Gasteiger partial charge in [0.2, 0.25) is 0 Å². The summed E-state index contributed by atoms with van der Waals surface area (Å²) in [5, 5.41) is 10.2. The van der Waals surface area contributed by atoms with Crippen molar-refractivity contribution < 1.29 is 9.52 Å². The number of hydrogen-bond acceptors (Lipinski definition) is 3. The number of rotatable bonds is 3. The molecule has 0 aliphatic rings. The zero-order chi connectivity index (χ0) is 14.9. The van der Waals surface area contributed by atoms with Crippen LogP contribution in [0, 0.1) is 20.8 Å². The minimum atomic E-state index is -0.469. The molecule has 0 bridgehead atoms. The van der Waals surface area contributed by atoms with Crippen LogP contribution >= 0.6 is 0 Å². The van der Waals surface area contributed by atoms with Crippen LogP contribution in [-0.4, -0.2) is 5.11 Å². The maximum atomic E-state index is 12.2. The Hall–Kier alpha value is -2.03. The molecule has 0 aliphatic heterocycles. The van der Waals surface area contributed by atoms with Gasteiger partial charge in [0.05, 0.1) is 0 Å². The molecule has 0 spiro atoms. The Bertz CT molecular complexity index is 673. The van der Waals surface area contributed by atoms with E-state index >= 15 is 0 Å². The molecule has 0 saturated carbocycles. The fraction of sp³-hybridized carbons (Fsp3) is 0.353. The Balaban J connectivity index is 2.68. The lowest BCUT2D eigenvalue weighted by molar-refractivity contribution is 0.426. The molecule has 0 radical (unpaired) electrons. The van der Waals surface area contributed by atoms with Gasteiger partial charge in [-0.1, -0.05) is 24.6 Å². The summed E-state index contributed by atoms with van der Waals surface area (Å²) in [6.07, 6.45) is 1.51. The summed E-state index contributed by atoms with van der Waals surface area (Å²) >= 11 is 0. The first kappa shape index (κ1) is 14.4. The van der Waals surface area contributed by atoms with Crippen molar-refractivity contribution in [1.82, 2.24) is 0 Å². The van der Waals surface area contributed by atoms with Crippen LogP contribution in [0.3, 0.4) is 0 Å². The van der Waals surface area contributed by atoms with E-state index in [0.29, 0.717) is 12.2 Å². The molecular formula is C17H20O3. The van der Waals surface area contributed by atoms with Gasteiger partial charge in [-0.3, -0.25) is 0 Å². The van der Waals surface area contributed by atoms with Crippen LogP contribution in [0.5, 0.6) is 5.75 Å². The lowest BCUT2D eigenvalue weighted by Crippen LogP contribution is -2.07. The zero-order valence-corrected chi connectivity index (χ0v) is 12.4. The van der Waals surface area contributed by atoms with Crippen molar-refractivity contribution in [3.8, 4) is 16.9 Å². The molecule has 3 nitrogen and oxygen atoms in total. The molecule has 0 saturated heterocycles. The molecule has 1 aromatic heterocycles. The second kappa shape index (κ2) is 5.53. The van der Waals surface area contributed by atoms with Crippen LogP contribution in [0.2, 0.25) is 0 Å². The van der Waals surface area contributed by atoms with E-state index in [2.05, 4.69) is 0 Å². The van der Waals surface area contributed by atoms with Gasteiger partial charge in [-0.25, -0.2) is 4.79 Å². The Morgan fingerprint density at radius 2 is 1.65 bits per heavy atom. The summed E-state index contributed by atoms with van der Waals surface area (Å²) in [6.45, 7) is 7.89. The number of benzene rings is 1. The maximum absolute atomic E-state index is 12.2. The lowest BCUT2D eigenvalue weighted by atomic mass is 9.94. The first-order chi connectivity index (χ1) is 9.43. The highest BCUT2D eigenvalue weighted by Gasteiger charge is 2.17. The van der Waals surface area contributed by atoms with Crippen LogP contribution in [0.4, 0.5) is 0 Å². The third-order valence-corrected chi connectivity index (χ3v) is 3.41. The highest BCUT2D eigenvalue weighted by molar-refractivity contribution is 5.75. The number of aryl methyl sites for hydroxylation is 4. The summed E-state index contributed by atoms with van der Waals surface area (Å²) in [5.74, 6) is 0.529. The lowest BCUT2D eigenvalue weighted by Gasteiger charge is -2.12. The monoisotopic (exact) mass is 272 g/mol. The SMILES string of the molecule is CCCc1cc(O)c(-c2c(C)cc(C)cc2C)c(=O)o1.